The van der Waals surface area contributed by atoms with Gasteiger partial charge in [0.05, 0.1) is 6.04 Å². The van der Waals surface area contributed by atoms with E-state index < -0.39 is 24.0 Å². The van der Waals surface area contributed by atoms with Crippen molar-refractivity contribution in [3.8, 4) is 5.75 Å². The number of carbonyl (C=O) groups excluding carboxylic acids is 1. The van der Waals surface area contributed by atoms with E-state index in [-0.39, 0.29) is 12.2 Å². The number of hydrogen-bond donors (Lipinski definition) is 4. The van der Waals surface area contributed by atoms with Crippen molar-refractivity contribution >= 4 is 11.9 Å². The van der Waals surface area contributed by atoms with Crippen molar-refractivity contribution in [1.82, 2.24) is 5.32 Å². The maximum Gasteiger partial charge on any atom is 0.325 e. The molecule has 5 N–H and O–H groups in total. The van der Waals surface area contributed by atoms with E-state index in [0.29, 0.717) is 0 Å². The molecule has 0 aromatic heterocycles. The smallest absolute Gasteiger partial charge is 0.325 e. The minimum Gasteiger partial charge on any atom is -0.508 e. The number of carboxylic acids is 1. The van der Waals surface area contributed by atoms with Crippen molar-refractivity contribution in [2.24, 2.45) is 5.73 Å². The van der Waals surface area contributed by atoms with E-state index in [1.54, 1.807) is 12.1 Å². The van der Waals surface area contributed by atoms with E-state index in [1.165, 1.54) is 6.92 Å². The van der Waals surface area contributed by atoms with Crippen LogP contribution in [-0.4, -0.2) is 34.2 Å². The number of carbonyl (C=O) groups is 2. The summed E-state index contributed by atoms with van der Waals surface area (Å²) in [4.78, 5) is 22.5. The summed E-state index contributed by atoms with van der Waals surface area (Å²) in [5.74, 6) is -1.45. The molecule has 6 nitrogen and oxygen atoms in total. The normalized spacial score (nSPS) is 13.6. The molecule has 1 amide bonds. The molecule has 0 fully saturated rings. The van der Waals surface area contributed by atoms with Gasteiger partial charge in [0.15, 0.2) is 0 Å². The molecule has 0 aliphatic heterocycles. The highest BCUT2D eigenvalue weighted by Gasteiger charge is 2.21. The lowest BCUT2D eigenvalue weighted by molar-refractivity contribution is -0.141. The lowest BCUT2D eigenvalue weighted by Gasteiger charge is -2.17. The first-order valence-corrected chi connectivity index (χ1v) is 6.30. The van der Waals surface area contributed by atoms with Crippen LogP contribution in [0.2, 0.25) is 0 Å². The molecule has 1 aromatic carbocycles. The summed E-state index contributed by atoms with van der Waals surface area (Å²) in [7, 11) is 0. The summed E-state index contributed by atoms with van der Waals surface area (Å²) in [5, 5.41) is 20.5. The number of benzene rings is 1. The number of nitrogens with one attached hydrogen (secondary N) is 1. The first-order valence-electron chi connectivity index (χ1n) is 6.30. The predicted octanol–water partition coefficient (Wildman–Crippen LogP) is 0.468. The van der Waals surface area contributed by atoms with Crippen molar-refractivity contribution in [2.75, 3.05) is 0 Å². The van der Waals surface area contributed by atoms with Gasteiger partial charge in [-0.05, 0) is 56.0 Å². The Labute approximate surface area is 117 Å². The van der Waals surface area contributed by atoms with Crippen LogP contribution >= 0.6 is 0 Å². The summed E-state index contributed by atoms with van der Waals surface area (Å²) in [6.45, 7) is 5.03. The number of hydrogen-bond acceptors (Lipinski definition) is 4. The Bertz CT molecular complexity index is 505. The minimum absolute atomic E-state index is 0.168. The molecule has 0 heterocycles. The van der Waals surface area contributed by atoms with Gasteiger partial charge < -0.3 is 21.3 Å². The van der Waals surface area contributed by atoms with Gasteiger partial charge >= 0.3 is 5.97 Å². The number of carboxylic acid groups (broad SMARTS) is 1. The van der Waals surface area contributed by atoms with Gasteiger partial charge in [0, 0.05) is 0 Å². The fraction of sp³-hybridized carbons (Fsp3) is 0.429. The Hall–Kier alpha value is -2.08. The maximum atomic E-state index is 11.8. The lowest BCUT2D eigenvalue weighted by Crippen LogP contribution is -2.48. The second-order valence-electron chi connectivity index (χ2n) is 4.94. The third-order valence-electron chi connectivity index (χ3n) is 3.17. The van der Waals surface area contributed by atoms with Crippen molar-refractivity contribution in [2.45, 2.75) is 39.3 Å². The minimum atomic E-state index is -1.11. The van der Waals surface area contributed by atoms with Crippen LogP contribution in [0.15, 0.2) is 12.1 Å². The molecule has 110 valence electrons. The molecule has 0 unspecified atom stereocenters. The third kappa shape index (κ3) is 3.96. The number of amides is 1. The van der Waals surface area contributed by atoms with Crippen LogP contribution in [0.4, 0.5) is 0 Å². The van der Waals surface area contributed by atoms with E-state index in [9.17, 15) is 14.7 Å². The van der Waals surface area contributed by atoms with Crippen LogP contribution < -0.4 is 11.1 Å². The third-order valence-corrected chi connectivity index (χ3v) is 3.17. The Morgan fingerprint density at radius 1 is 1.30 bits per heavy atom. The highest BCUT2D eigenvalue weighted by atomic mass is 16.4. The predicted molar refractivity (Wildman–Crippen MR) is 74.5 cm³/mol. The summed E-state index contributed by atoms with van der Waals surface area (Å²) in [5.41, 5.74) is 8.38. The lowest BCUT2D eigenvalue weighted by atomic mass is 9.96. The Morgan fingerprint density at radius 2 is 1.80 bits per heavy atom. The van der Waals surface area contributed by atoms with Gasteiger partial charge in [-0.3, -0.25) is 9.59 Å². The molecule has 0 bridgehead atoms. The first-order chi connectivity index (χ1) is 9.22. The number of phenolic OH excluding ortho intramolecular Hbond substituents is 1. The van der Waals surface area contributed by atoms with Gasteiger partial charge in [0.1, 0.15) is 11.8 Å². The quantitative estimate of drug-likeness (QED) is 0.626. The monoisotopic (exact) mass is 280 g/mol. The van der Waals surface area contributed by atoms with Crippen LogP contribution in [-0.2, 0) is 16.0 Å². The molecular weight excluding hydrogens is 260 g/mol. The molecule has 1 rings (SSSR count). The Morgan fingerprint density at radius 3 is 2.25 bits per heavy atom. The van der Waals surface area contributed by atoms with Crippen LogP contribution in [0, 0.1) is 13.8 Å². The van der Waals surface area contributed by atoms with Crippen molar-refractivity contribution < 1.29 is 19.8 Å². The average molecular weight is 280 g/mol. The van der Waals surface area contributed by atoms with Crippen LogP contribution in [0.25, 0.3) is 0 Å². The van der Waals surface area contributed by atoms with Crippen LogP contribution in [0.3, 0.4) is 0 Å². The van der Waals surface area contributed by atoms with Crippen molar-refractivity contribution in [3.63, 3.8) is 0 Å². The molecule has 2 atom stereocenters. The number of aryl methyl sites for hydroxylation is 2. The van der Waals surface area contributed by atoms with Crippen LogP contribution in [0.1, 0.15) is 23.6 Å². The SMILES string of the molecule is Cc1cc(O)cc(C)c1C[C@H](N)C(=O)N[C@@H](C)C(=O)O. The van der Waals surface area contributed by atoms with Gasteiger partial charge in [-0.25, -0.2) is 0 Å². The number of phenols is 1. The van der Waals surface area contributed by atoms with Crippen molar-refractivity contribution in [3.05, 3.63) is 28.8 Å². The number of aromatic hydroxyl groups is 1. The van der Waals surface area contributed by atoms with Gasteiger partial charge in [0.2, 0.25) is 5.91 Å². The van der Waals surface area contributed by atoms with Gasteiger partial charge in [0.25, 0.3) is 0 Å². The zero-order valence-corrected chi connectivity index (χ0v) is 11.8. The van der Waals surface area contributed by atoms with Crippen LogP contribution in [0.5, 0.6) is 5.75 Å². The zero-order chi connectivity index (χ0) is 15.4. The standard InChI is InChI=1S/C14H20N2O4/c1-7-4-10(17)5-8(2)11(7)6-12(15)13(18)16-9(3)14(19)20/h4-5,9,12,17H,6,15H2,1-3H3,(H,16,18)(H,19,20)/t9-,12-/m0/s1. The summed E-state index contributed by atoms with van der Waals surface area (Å²) in [6.07, 6.45) is 0.288. The van der Waals surface area contributed by atoms with E-state index in [1.807, 2.05) is 13.8 Å². The molecule has 0 radical (unpaired) electrons. The van der Waals surface area contributed by atoms with E-state index in [2.05, 4.69) is 5.32 Å². The molecule has 20 heavy (non-hydrogen) atoms. The Balaban J connectivity index is 2.78. The summed E-state index contributed by atoms with van der Waals surface area (Å²) in [6, 6.07) is 1.40. The summed E-state index contributed by atoms with van der Waals surface area (Å²) < 4.78 is 0. The largest absolute Gasteiger partial charge is 0.508 e. The fourth-order valence-electron chi connectivity index (χ4n) is 1.99. The fourth-order valence-corrected chi connectivity index (χ4v) is 1.99. The van der Waals surface area contributed by atoms with Gasteiger partial charge in [-0.1, -0.05) is 0 Å². The highest BCUT2D eigenvalue weighted by molar-refractivity contribution is 5.86. The average Bonchev–Trinajstić information content (AvgIpc) is 2.32. The second-order valence-corrected chi connectivity index (χ2v) is 4.94. The Kier molecular flexibility index (Phi) is 5.10. The molecule has 0 spiro atoms. The number of rotatable bonds is 5. The van der Waals surface area contributed by atoms with E-state index in [4.69, 9.17) is 10.8 Å². The van der Waals surface area contributed by atoms with Gasteiger partial charge in [-0.2, -0.15) is 0 Å². The van der Waals surface area contributed by atoms with E-state index in [0.717, 1.165) is 16.7 Å². The molecule has 0 saturated carbocycles. The highest BCUT2D eigenvalue weighted by Crippen LogP contribution is 2.21. The second kappa shape index (κ2) is 6.38. The number of nitrogens with two attached hydrogens (primary N) is 1. The zero-order valence-electron chi connectivity index (χ0n) is 11.8. The topological polar surface area (TPSA) is 113 Å². The molecule has 0 aliphatic rings. The maximum absolute atomic E-state index is 11.8. The molecule has 1 aromatic rings. The van der Waals surface area contributed by atoms with E-state index >= 15 is 0 Å². The van der Waals surface area contributed by atoms with Crippen molar-refractivity contribution in [1.29, 1.82) is 0 Å². The first kappa shape index (κ1) is 16.0. The summed E-state index contributed by atoms with van der Waals surface area (Å²) >= 11 is 0. The number of aliphatic carboxylic acids is 1. The molecule has 0 saturated heterocycles. The molecule has 6 heteroatoms. The molecule has 0 aliphatic carbocycles. The van der Waals surface area contributed by atoms with Gasteiger partial charge in [-0.15, -0.1) is 0 Å². The molecular formula is C14H20N2O4.